The fourth-order valence-electron chi connectivity index (χ4n) is 3.21. The molecule has 27 heavy (non-hydrogen) atoms. The number of benzene rings is 1. The smallest absolute Gasteiger partial charge is 0.270 e. The Labute approximate surface area is 163 Å². The van der Waals surface area contributed by atoms with Gasteiger partial charge in [0.05, 0.1) is 15.5 Å². The summed E-state index contributed by atoms with van der Waals surface area (Å²) in [4.78, 5) is 31.9. The van der Waals surface area contributed by atoms with Gasteiger partial charge in [0.15, 0.2) is 5.13 Å². The van der Waals surface area contributed by atoms with Crippen LogP contribution in [0.4, 0.5) is 10.8 Å². The first-order valence-corrected chi connectivity index (χ1v) is 10.3. The molecule has 1 aliphatic carbocycles. The third-order valence-corrected chi connectivity index (χ3v) is 6.83. The second kappa shape index (κ2) is 7.21. The van der Waals surface area contributed by atoms with E-state index < -0.39 is 4.92 Å². The Bertz CT molecular complexity index is 1030. The largest absolute Gasteiger partial charge is 0.279 e. The minimum absolute atomic E-state index is 0.0230. The first-order chi connectivity index (χ1) is 13.1. The molecule has 0 spiro atoms. The Kier molecular flexibility index (Phi) is 4.75. The highest BCUT2D eigenvalue weighted by Gasteiger charge is 2.25. The van der Waals surface area contributed by atoms with Crippen molar-refractivity contribution in [3.63, 3.8) is 0 Å². The van der Waals surface area contributed by atoms with Crippen molar-refractivity contribution < 1.29 is 9.72 Å². The number of hydrogen-bond acceptors (Lipinski definition) is 6. The minimum atomic E-state index is -0.428. The molecule has 0 fully saturated rings. The molecule has 0 bridgehead atoms. The van der Waals surface area contributed by atoms with Crippen molar-refractivity contribution in [3.8, 4) is 0 Å². The molecule has 0 aliphatic heterocycles. The van der Waals surface area contributed by atoms with Gasteiger partial charge in [0.25, 0.3) is 11.6 Å². The number of carbonyl (C=O) groups excluding carboxylic acids is 1. The lowest BCUT2D eigenvalue weighted by molar-refractivity contribution is -0.384. The van der Waals surface area contributed by atoms with E-state index in [1.54, 1.807) is 34.4 Å². The molecule has 2 aromatic heterocycles. The number of nitro benzene ring substituents is 1. The highest BCUT2D eigenvalue weighted by atomic mass is 32.1. The Morgan fingerprint density at radius 2 is 2.11 bits per heavy atom. The molecule has 3 aromatic rings. The topological polar surface area (TPSA) is 76.3 Å². The number of carbonyl (C=O) groups is 1. The van der Waals surface area contributed by atoms with Gasteiger partial charge >= 0.3 is 0 Å². The summed E-state index contributed by atoms with van der Waals surface area (Å²) in [6, 6.07) is 6.37. The lowest BCUT2D eigenvalue weighted by Crippen LogP contribution is -2.30. The maximum Gasteiger partial charge on any atom is 0.270 e. The summed E-state index contributed by atoms with van der Waals surface area (Å²) in [6.07, 6.45) is 5.99. The summed E-state index contributed by atoms with van der Waals surface area (Å²) in [5.74, 6) is -0.148. The van der Waals surface area contributed by atoms with Crippen LogP contribution in [0.2, 0.25) is 0 Å². The van der Waals surface area contributed by atoms with E-state index >= 15 is 0 Å². The van der Waals surface area contributed by atoms with Crippen molar-refractivity contribution in [1.82, 2.24) is 4.98 Å². The summed E-state index contributed by atoms with van der Waals surface area (Å²) in [5, 5.41) is 12.4. The average Bonchev–Trinajstić information content (AvgIpc) is 3.28. The van der Waals surface area contributed by atoms with Crippen LogP contribution in [0.3, 0.4) is 0 Å². The molecule has 138 valence electrons. The lowest BCUT2D eigenvalue weighted by Gasteiger charge is -2.16. The van der Waals surface area contributed by atoms with Crippen LogP contribution in [0.25, 0.3) is 10.1 Å². The number of non-ortho nitro benzene ring substituents is 1. The van der Waals surface area contributed by atoms with Crippen LogP contribution in [-0.4, -0.2) is 22.4 Å². The molecule has 1 amide bonds. The molecular formula is C19H17N3O3S2. The Hall–Kier alpha value is -2.58. The van der Waals surface area contributed by atoms with E-state index in [4.69, 9.17) is 4.98 Å². The van der Waals surface area contributed by atoms with Gasteiger partial charge in [-0.1, -0.05) is 6.08 Å². The zero-order valence-electron chi connectivity index (χ0n) is 14.5. The predicted molar refractivity (Wildman–Crippen MR) is 109 cm³/mol. The van der Waals surface area contributed by atoms with Crippen molar-refractivity contribution in [2.45, 2.75) is 25.7 Å². The lowest BCUT2D eigenvalue weighted by atomic mass is 10.0. The number of fused-ring (bicyclic) bond motifs is 2. The number of nitro groups is 1. The summed E-state index contributed by atoms with van der Waals surface area (Å²) in [6.45, 7) is 4.14. The predicted octanol–water partition coefficient (Wildman–Crippen LogP) is 4.98. The summed E-state index contributed by atoms with van der Waals surface area (Å²) in [5.41, 5.74) is 1.13. The van der Waals surface area contributed by atoms with E-state index in [1.165, 1.54) is 34.8 Å². The third kappa shape index (κ3) is 3.38. The van der Waals surface area contributed by atoms with Crippen molar-refractivity contribution in [3.05, 3.63) is 62.5 Å². The average molecular weight is 399 g/mol. The van der Waals surface area contributed by atoms with Crippen LogP contribution in [0.5, 0.6) is 0 Å². The van der Waals surface area contributed by atoms with E-state index in [-0.39, 0.29) is 11.6 Å². The van der Waals surface area contributed by atoms with Crippen LogP contribution in [-0.2, 0) is 12.8 Å². The number of thiazole rings is 1. The van der Waals surface area contributed by atoms with Gasteiger partial charge in [0, 0.05) is 33.6 Å². The molecular weight excluding hydrogens is 382 g/mol. The first kappa shape index (κ1) is 17.8. The van der Waals surface area contributed by atoms with Gasteiger partial charge in [-0.05, 0) is 37.8 Å². The van der Waals surface area contributed by atoms with Crippen molar-refractivity contribution in [2.75, 3.05) is 11.4 Å². The highest BCUT2D eigenvalue weighted by molar-refractivity contribution is 7.21. The van der Waals surface area contributed by atoms with E-state index in [1.807, 2.05) is 0 Å². The molecule has 1 aliphatic rings. The van der Waals surface area contributed by atoms with Gasteiger partial charge in [-0.2, -0.15) is 0 Å². The van der Waals surface area contributed by atoms with Gasteiger partial charge in [-0.15, -0.1) is 29.3 Å². The zero-order valence-corrected chi connectivity index (χ0v) is 16.1. The second-order valence-corrected chi connectivity index (χ2v) is 8.51. The van der Waals surface area contributed by atoms with Gasteiger partial charge in [-0.3, -0.25) is 19.8 Å². The fraction of sp³-hybridized carbons (Fsp3) is 0.263. The number of amides is 1. The quantitative estimate of drug-likeness (QED) is 0.344. The van der Waals surface area contributed by atoms with Crippen molar-refractivity contribution in [1.29, 1.82) is 0 Å². The Morgan fingerprint density at radius 1 is 1.30 bits per heavy atom. The number of aromatic nitrogens is 1. The maximum absolute atomic E-state index is 13.2. The van der Waals surface area contributed by atoms with Crippen LogP contribution in [0.15, 0.2) is 36.9 Å². The molecule has 2 heterocycles. The monoisotopic (exact) mass is 399 g/mol. The van der Waals surface area contributed by atoms with E-state index in [0.29, 0.717) is 21.9 Å². The van der Waals surface area contributed by atoms with Crippen LogP contribution >= 0.6 is 22.7 Å². The number of anilines is 1. The molecule has 0 saturated heterocycles. The van der Waals surface area contributed by atoms with Crippen LogP contribution < -0.4 is 4.90 Å². The highest BCUT2D eigenvalue weighted by Crippen LogP contribution is 2.34. The zero-order chi connectivity index (χ0) is 19.0. The molecule has 0 saturated carbocycles. The second-order valence-electron chi connectivity index (χ2n) is 6.37. The van der Waals surface area contributed by atoms with Crippen molar-refractivity contribution >= 4 is 49.5 Å². The number of hydrogen-bond donors (Lipinski definition) is 0. The van der Waals surface area contributed by atoms with E-state index in [9.17, 15) is 14.9 Å². The van der Waals surface area contributed by atoms with Gasteiger partial charge in [-0.25, -0.2) is 4.98 Å². The van der Waals surface area contributed by atoms with Crippen molar-refractivity contribution in [2.24, 2.45) is 0 Å². The standard InChI is InChI=1S/C19H17N3O3S2/c1-2-9-21(19-20-14-5-3-4-6-16(14)27-19)18(23)17-11-12-10-13(22(24)25)7-8-15(12)26-17/h2,7-8,10-11H,1,3-6,9H2. The molecule has 0 N–H and O–H groups in total. The Balaban J connectivity index is 1.69. The molecule has 0 unspecified atom stereocenters. The maximum atomic E-state index is 13.2. The summed E-state index contributed by atoms with van der Waals surface area (Å²) in [7, 11) is 0. The Morgan fingerprint density at radius 3 is 2.85 bits per heavy atom. The van der Waals surface area contributed by atoms with Gasteiger partial charge in [0.2, 0.25) is 0 Å². The molecule has 0 radical (unpaired) electrons. The molecule has 8 heteroatoms. The number of rotatable bonds is 5. The summed E-state index contributed by atoms with van der Waals surface area (Å²) >= 11 is 2.92. The normalized spacial score (nSPS) is 13.3. The first-order valence-electron chi connectivity index (χ1n) is 8.66. The fourth-order valence-corrected chi connectivity index (χ4v) is 5.36. The van der Waals surface area contributed by atoms with E-state index in [2.05, 4.69) is 6.58 Å². The number of thiophene rings is 1. The van der Waals surface area contributed by atoms with Gasteiger partial charge < -0.3 is 0 Å². The molecule has 1 aromatic carbocycles. The SMILES string of the molecule is C=CCN(C(=O)c1cc2cc([N+](=O)[O-])ccc2s1)c1nc2c(s1)CCCC2. The molecule has 0 atom stereocenters. The van der Waals surface area contributed by atoms with E-state index in [0.717, 1.165) is 29.7 Å². The van der Waals surface area contributed by atoms with Gasteiger partial charge in [0.1, 0.15) is 0 Å². The summed E-state index contributed by atoms with van der Waals surface area (Å²) < 4.78 is 0.848. The molecule has 4 rings (SSSR count). The number of aryl methyl sites for hydroxylation is 2. The van der Waals surface area contributed by atoms with Crippen LogP contribution in [0.1, 0.15) is 33.1 Å². The number of nitrogens with zero attached hydrogens (tertiary/aromatic N) is 3. The third-order valence-electron chi connectivity index (χ3n) is 4.54. The van der Waals surface area contributed by atoms with Crippen LogP contribution in [0, 0.1) is 10.1 Å². The minimum Gasteiger partial charge on any atom is -0.279 e. The molecule has 6 nitrogen and oxygen atoms in total.